The van der Waals surface area contributed by atoms with E-state index >= 15 is 0 Å². The highest BCUT2D eigenvalue weighted by atomic mass is 32.2. The Labute approximate surface area is 132 Å². The van der Waals surface area contributed by atoms with E-state index in [2.05, 4.69) is 25.2 Å². The van der Waals surface area contributed by atoms with Crippen LogP contribution in [-0.2, 0) is 4.18 Å². The number of carbonyl (C=O) groups is 1. The maximum Gasteiger partial charge on any atom is 0.518 e. The number of unbranched alkanes of at least 4 members (excludes halogenated alkanes) is 5. The Morgan fingerprint density at radius 2 is 2.05 bits per heavy atom. The third kappa shape index (κ3) is 5.10. The first-order valence-electron chi connectivity index (χ1n) is 8.16. The zero-order chi connectivity index (χ0) is 15.1. The van der Waals surface area contributed by atoms with Crippen molar-refractivity contribution in [3.63, 3.8) is 0 Å². The van der Waals surface area contributed by atoms with Crippen LogP contribution < -0.4 is 0 Å². The molecular formula is C17H26O3S. The van der Waals surface area contributed by atoms with Crippen LogP contribution in [0.1, 0.15) is 58.3 Å². The van der Waals surface area contributed by atoms with Gasteiger partial charge in [0.25, 0.3) is 0 Å². The van der Waals surface area contributed by atoms with Gasteiger partial charge >= 0.3 is 6.16 Å². The Kier molecular flexibility index (Phi) is 6.68. The minimum absolute atomic E-state index is 0.260. The van der Waals surface area contributed by atoms with Crippen molar-refractivity contribution < 1.29 is 14.1 Å². The molecule has 2 bridgehead atoms. The van der Waals surface area contributed by atoms with Gasteiger partial charge in [0.05, 0.1) is 17.3 Å². The lowest BCUT2D eigenvalue weighted by atomic mass is 9.75. The molecule has 0 aromatic rings. The Hall–Kier alpha value is -0.900. The van der Waals surface area contributed by atoms with Gasteiger partial charge in [-0.15, -0.1) is 0 Å². The van der Waals surface area contributed by atoms with Gasteiger partial charge in [0.1, 0.15) is 0 Å². The van der Waals surface area contributed by atoms with Crippen LogP contribution >= 0.6 is 12.0 Å². The lowest BCUT2D eigenvalue weighted by Gasteiger charge is -2.36. The number of carboxylic acid groups (broad SMARTS) is 1. The third-order valence-electron chi connectivity index (χ3n) is 4.39. The minimum atomic E-state index is -1.19. The minimum Gasteiger partial charge on any atom is -0.449 e. The Bertz CT molecular complexity index is 403. The van der Waals surface area contributed by atoms with Crippen molar-refractivity contribution in [3.8, 4) is 0 Å². The van der Waals surface area contributed by atoms with E-state index in [9.17, 15) is 4.79 Å². The van der Waals surface area contributed by atoms with Crippen LogP contribution in [0.15, 0.2) is 23.8 Å². The molecule has 0 fully saturated rings. The summed E-state index contributed by atoms with van der Waals surface area (Å²) in [7, 11) is 0. The van der Waals surface area contributed by atoms with Crippen molar-refractivity contribution in [1.82, 2.24) is 0 Å². The first kappa shape index (κ1) is 16.5. The molecule has 0 aliphatic heterocycles. The van der Waals surface area contributed by atoms with E-state index in [1.165, 1.54) is 44.1 Å². The number of allylic oxidation sites excluding steroid dienone is 4. The van der Waals surface area contributed by atoms with Gasteiger partial charge in [0.2, 0.25) is 0 Å². The smallest absolute Gasteiger partial charge is 0.449 e. The molecule has 118 valence electrons. The predicted molar refractivity (Wildman–Crippen MR) is 87.3 cm³/mol. The largest absolute Gasteiger partial charge is 0.518 e. The molecule has 3 aliphatic rings. The summed E-state index contributed by atoms with van der Waals surface area (Å²) in [4.78, 5) is 10.6. The third-order valence-corrected chi connectivity index (χ3v) is 5.36. The van der Waals surface area contributed by atoms with Crippen LogP contribution in [0.2, 0.25) is 0 Å². The van der Waals surface area contributed by atoms with Gasteiger partial charge in [-0.3, -0.25) is 0 Å². The van der Waals surface area contributed by atoms with E-state index in [1.807, 2.05) is 0 Å². The van der Waals surface area contributed by atoms with E-state index in [4.69, 9.17) is 9.29 Å². The fourth-order valence-electron chi connectivity index (χ4n) is 3.31. The normalized spacial score (nSPS) is 26.7. The fourth-order valence-corrected chi connectivity index (χ4v) is 4.21. The SMILES string of the molecule is CCCCCCCCC1=CC2C=CC1C(SOC(=O)O)C2. The van der Waals surface area contributed by atoms with Gasteiger partial charge in [-0.05, 0) is 25.2 Å². The molecule has 0 spiro atoms. The molecule has 0 saturated carbocycles. The number of hydrogen-bond donors (Lipinski definition) is 1. The summed E-state index contributed by atoms with van der Waals surface area (Å²) in [5.74, 6) is 0.843. The monoisotopic (exact) mass is 310 g/mol. The first-order chi connectivity index (χ1) is 10.2. The van der Waals surface area contributed by atoms with E-state index in [-0.39, 0.29) is 5.25 Å². The van der Waals surface area contributed by atoms with Crippen LogP contribution in [0, 0.1) is 11.8 Å². The Balaban J connectivity index is 1.74. The summed E-state index contributed by atoms with van der Waals surface area (Å²) >= 11 is 1.13. The summed E-state index contributed by atoms with van der Waals surface area (Å²) in [5.41, 5.74) is 1.50. The molecule has 0 saturated heterocycles. The molecule has 0 aromatic heterocycles. The number of hydrogen-bond acceptors (Lipinski definition) is 3. The summed E-state index contributed by atoms with van der Waals surface area (Å²) in [5, 5.41) is 8.91. The lowest BCUT2D eigenvalue weighted by molar-refractivity contribution is 0.152. The van der Waals surface area contributed by atoms with Crippen LogP contribution in [-0.4, -0.2) is 16.5 Å². The van der Waals surface area contributed by atoms with Crippen molar-refractivity contribution in [2.45, 2.75) is 63.5 Å². The van der Waals surface area contributed by atoms with Gasteiger partial charge in [-0.1, -0.05) is 62.8 Å². The van der Waals surface area contributed by atoms with Crippen LogP contribution in [0.4, 0.5) is 4.79 Å². The van der Waals surface area contributed by atoms with Crippen molar-refractivity contribution in [3.05, 3.63) is 23.8 Å². The second kappa shape index (κ2) is 8.52. The molecule has 1 N–H and O–H groups in total. The lowest BCUT2D eigenvalue weighted by Crippen LogP contribution is -2.29. The Morgan fingerprint density at radius 1 is 1.29 bits per heavy atom. The fraction of sp³-hybridized carbons (Fsp3) is 0.706. The van der Waals surface area contributed by atoms with E-state index < -0.39 is 6.16 Å². The molecule has 21 heavy (non-hydrogen) atoms. The maximum atomic E-state index is 10.6. The van der Waals surface area contributed by atoms with Gasteiger partial charge in [0, 0.05) is 5.92 Å². The first-order valence-corrected chi connectivity index (χ1v) is 8.96. The predicted octanol–water partition coefficient (Wildman–Crippen LogP) is 5.58. The standard InChI is InChI=1S/C17H26O3S/c1-2-3-4-5-6-7-8-14-11-13-9-10-15(14)16(12-13)21-20-17(18)19/h9-11,13,15-16H,2-8,12H2,1H3,(H,18,19). The van der Waals surface area contributed by atoms with Gasteiger partial charge in [-0.2, -0.15) is 0 Å². The maximum absolute atomic E-state index is 10.6. The molecular weight excluding hydrogens is 284 g/mol. The summed E-state index contributed by atoms with van der Waals surface area (Å²) in [6, 6.07) is 0. The van der Waals surface area contributed by atoms with Gasteiger partial charge in [-0.25, -0.2) is 4.79 Å². The van der Waals surface area contributed by atoms with Gasteiger partial charge in [0.15, 0.2) is 0 Å². The van der Waals surface area contributed by atoms with Crippen LogP contribution in [0.25, 0.3) is 0 Å². The second-order valence-electron chi connectivity index (χ2n) is 6.05. The zero-order valence-electron chi connectivity index (χ0n) is 12.8. The highest BCUT2D eigenvalue weighted by molar-refractivity contribution is 7.95. The highest BCUT2D eigenvalue weighted by Gasteiger charge is 2.34. The summed E-state index contributed by atoms with van der Waals surface area (Å²) in [6.45, 7) is 2.24. The molecule has 3 atom stereocenters. The number of fused-ring (bicyclic) bond motifs is 1. The zero-order valence-corrected chi connectivity index (χ0v) is 13.6. The summed E-state index contributed by atoms with van der Waals surface area (Å²) in [6.07, 6.45) is 15.8. The average Bonchev–Trinajstić information content (AvgIpc) is 2.49. The molecule has 3 nitrogen and oxygen atoms in total. The molecule has 0 amide bonds. The molecule has 3 unspecified atom stereocenters. The summed E-state index contributed by atoms with van der Waals surface area (Å²) < 4.78 is 4.72. The molecule has 4 heteroatoms. The van der Waals surface area contributed by atoms with Crippen molar-refractivity contribution in [2.24, 2.45) is 11.8 Å². The van der Waals surface area contributed by atoms with Gasteiger partial charge < -0.3 is 9.29 Å². The second-order valence-corrected chi connectivity index (χ2v) is 7.02. The topological polar surface area (TPSA) is 46.5 Å². The van der Waals surface area contributed by atoms with Crippen molar-refractivity contribution >= 4 is 18.2 Å². The van der Waals surface area contributed by atoms with Crippen molar-refractivity contribution in [2.75, 3.05) is 0 Å². The molecule has 0 heterocycles. The van der Waals surface area contributed by atoms with E-state index in [0.717, 1.165) is 24.9 Å². The van der Waals surface area contributed by atoms with E-state index in [1.54, 1.807) is 0 Å². The Morgan fingerprint density at radius 3 is 2.76 bits per heavy atom. The van der Waals surface area contributed by atoms with Crippen molar-refractivity contribution in [1.29, 1.82) is 0 Å². The average molecular weight is 310 g/mol. The van der Waals surface area contributed by atoms with E-state index in [0.29, 0.717) is 11.8 Å². The van der Waals surface area contributed by atoms with Crippen LogP contribution in [0.5, 0.6) is 0 Å². The number of rotatable bonds is 9. The molecule has 0 aromatic carbocycles. The quantitative estimate of drug-likeness (QED) is 0.343. The highest BCUT2D eigenvalue weighted by Crippen LogP contribution is 2.43. The molecule has 0 radical (unpaired) electrons. The molecule has 3 aliphatic carbocycles. The molecule has 3 rings (SSSR count). The van der Waals surface area contributed by atoms with Crippen LogP contribution in [0.3, 0.4) is 0 Å².